The quantitative estimate of drug-likeness (QED) is 0.328. The summed E-state index contributed by atoms with van der Waals surface area (Å²) in [5.41, 5.74) is 2.74. The highest BCUT2D eigenvalue weighted by Gasteiger charge is 2.37. The lowest BCUT2D eigenvalue weighted by Gasteiger charge is -2.42. The van der Waals surface area contributed by atoms with Crippen LogP contribution < -0.4 is 9.64 Å². The fraction of sp³-hybridized carbons (Fsp3) is 0.545. The number of imidazole rings is 1. The van der Waals surface area contributed by atoms with Crippen LogP contribution >= 0.6 is 0 Å². The number of carbonyl (C=O) groups excluding carboxylic acids is 2. The molecule has 0 bridgehead atoms. The Hall–Kier alpha value is -3.35. The molecule has 3 aliphatic rings. The fourth-order valence-electron chi connectivity index (χ4n) is 7.23. The maximum absolute atomic E-state index is 14.2. The average Bonchev–Trinajstić information content (AvgIpc) is 3.55. The summed E-state index contributed by atoms with van der Waals surface area (Å²) in [7, 11) is 0. The predicted molar refractivity (Wildman–Crippen MR) is 158 cm³/mol. The highest BCUT2D eigenvalue weighted by Crippen LogP contribution is 2.35. The first-order chi connectivity index (χ1) is 19.6. The number of anilines is 1. The number of para-hydroxylation sites is 2. The maximum Gasteiger partial charge on any atom is 0.243 e. The third kappa shape index (κ3) is 5.48. The smallest absolute Gasteiger partial charge is 0.243 e. The van der Waals surface area contributed by atoms with E-state index in [1.165, 1.54) is 38.5 Å². The molecular formula is C33H42N4O3. The third-order valence-corrected chi connectivity index (χ3v) is 9.15. The molecule has 1 saturated heterocycles. The lowest BCUT2D eigenvalue weighted by atomic mass is 9.88. The highest BCUT2D eigenvalue weighted by molar-refractivity contribution is 5.96. The molecule has 2 aromatic carbocycles. The standard InChI is InChI=1S/C33H42N4O3/c1-2-40-28-19-17-25(18-20-28)35-22-24(21-31(35)38)33-34-29-15-9-10-16-30(29)36(33)23-32(39)37(26-11-5-3-6-12-26)27-13-7-4-8-14-27/h9-10,15-20,24,26-27H,2-8,11-14,21-23H2,1H3. The van der Waals surface area contributed by atoms with Crippen molar-refractivity contribution in [1.29, 1.82) is 0 Å². The van der Waals surface area contributed by atoms with Crippen molar-refractivity contribution in [3.05, 3.63) is 54.4 Å². The average molecular weight is 543 g/mol. The minimum Gasteiger partial charge on any atom is -0.494 e. The SMILES string of the molecule is CCOc1ccc(N2CC(c3nc4ccccc4n3CC(=O)N(C3CCCCC3)C3CCCCC3)CC2=O)cc1. The lowest BCUT2D eigenvalue weighted by molar-refractivity contribution is -0.138. The summed E-state index contributed by atoms with van der Waals surface area (Å²) in [6.45, 7) is 3.41. The van der Waals surface area contributed by atoms with Crippen molar-refractivity contribution in [2.75, 3.05) is 18.1 Å². The van der Waals surface area contributed by atoms with Gasteiger partial charge in [0.2, 0.25) is 11.8 Å². The lowest BCUT2D eigenvalue weighted by Crippen LogP contribution is -2.50. The van der Waals surface area contributed by atoms with Crippen LogP contribution in [0.3, 0.4) is 0 Å². The Kier molecular flexibility index (Phi) is 8.08. The molecule has 3 aromatic rings. The van der Waals surface area contributed by atoms with Crippen molar-refractivity contribution in [1.82, 2.24) is 14.5 Å². The van der Waals surface area contributed by atoms with Crippen molar-refractivity contribution < 1.29 is 14.3 Å². The first kappa shape index (κ1) is 26.9. The van der Waals surface area contributed by atoms with E-state index in [1.807, 2.05) is 54.3 Å². The predicted octanol–water partition coefficient (Wildman–Crippen LogP) is 6.45. The Balaban J connectivity index is 1.28. The van der Waals surface area contributed by atoms with Gasteiger partial charge in [-0.15, -0.1) is 0 Å². The number of nitrogens with zero attached hydrogens (tertiary/aromatic N) is 4. The van der Waals surface area contributed by atoms with Crippen LogP contribution in [0.5, 0.6) is 5.75 Å². The highest BCUT2D eigenvalue weighted by atomic mass is 16.5. The molecule has 1 atom stereocenters. The van der Waals surface area contributed by atoms with Crippen molar-refractivity contribution in [3.63, 3.8) is 0 Å². The molecular weight excluding hydrogens is 500 g/mol. The zero-order valence-corrected chi connectivity index (χ0v) is 23.8. The number of aromatic nitrogens is 2. The topological polar surface area (TPSA) is 67.7 Å². The second-order valence-electron chi connectivity index (χ2n) is 11.8. The molecule has 1 unspecified atom stereocenters. The summed E-state index contributed by atoms with van der Waals surface area (Å²) in [4.78, 5) is 36.6. The van der Waals surface area contributed by atoms with Crippen LogP contribution in [0.4, 0.5) is 5.69 Å². The van der Waals surface area contributed by atoms with Gasteiger partial charge in [-0.3, -0.25) is 9.59 Å². The van der Waals surface area contributed by atoms with Gasteiger partial charge in [0.25, 0.3) is 0 Å². The summed E-state index contributed by atoms with van der Waals surface area (Å²) in [5, 5.41) is 0. The van der Waals surface area contributed by atoms with Gasteiger partial charge in [0.05, 0.1) is 17.6 Å². The minimum atomic E-state index is -0.0721. The van der Waals surface area contributed by atoms with Crippen LogP contribution in [-0.4, -0.2) is 51.5 Å². The van der Waals surface area contributed by atoms with Crippen molar-refractivity contribution in [2.45, 2.75) is 102 Å². The molecule has 2 amide bonds. The zero-order valence-electron chi connectivity index (χ0n) is 23.8. The van der Waals surface area contributed by atoms with Crippen LogP contribution in [0.1, 0.15) is 89.3 Å². The van der Waals surface area contributed by atoms with Gasteiger partial charge in [0.1, 0.15) is 18.1 Å². The molecule has 7 nitrogen and oxygen atoms in total. The van der Waals surface area contributed by atoms with Crippen LogP contribution in [0.15, 0.2) is 48.5 Å². The van der Waals surface area contributed by atoms with Gasteiger partial charge in [0, 0.05) is 36.7 Å². The Morgan fingerprint density at radius 3 is 2.23 bits per heavy atom. The third-order valence-electron chi connectivity index (χ3n) is 9.15. The van der Waals surface area contributed by atoms with Gasteiger partial charge in [-0.25, -0.2) is 4.98 Å². The molecule has 212 valence electrons. The summed E-state index contributed by atoms with van der Waals surface area (Å²) in [6.07, 6.45) is 12.3. The number of rotatable bonds is 8. The van der Waals surface area contributed by atoms with E-state index < -0.39 is 0 Å². The molecule has 7 heteroatoms. The van der Waals surface area contributed by atoms with E-state index >= 15 is 0 Å². The molecule has 40 heavy (non-hydrogen) atoms. The largest absolute Gasteiger partial charge is 0.494 e. The van der Waals surface area contributed by atoms with E-state index in [1.54, 1.807) is 0 Å². The van der Waals surface area contributed by atoms with E-state index in [-0.39, 0.29) is 24.3 Å². The summed E-state index contributed by atoms with van der Waals surface area (Å²) in [5.74, 6) is 1.89. The number of carbonyl (C=O) groups is 2. The molecule has 6 rings (SSSR count). The minimum absolute atomic E-state index is 0.0721. The van der Waals surface area contributed by atoms with Gasteiger partial charge in [-0.2, -0.15) is 0 Å². The molecule has 1 aliphatic heterocycles. The van der Waals surface area contributed by atoms with E-state index in [0.717, 1.165) is 54.0 Å². The number of benzene rings is 2. The van der Waals surface area contributed by atoms with Crippen LogP contribution in [0, 0.1) is 0 Å². The molecule has 0 radical (unpaired) electrons. The van der Waals surface area contributed by atoms with Crippen molar-refractivity contribution in [3.8, 4) is 5.75 Å². The molecule has 2 saturated carbocycles. The number of hydrogen-bond acceptors (Lipinski definition) is 4. The molecule has 3 fully saturated rings. The number of amides is 2. The van der Waals surface area contributed by atoms with Gasteiger partial charge < -0.3 is 19.1 Å². The van der Waals surface area contributed by atoms with Crippen molar-refractivity contribution in [2.24, 2.45) is 0 Å². The van der Waals surface area contributed by atoms with Gasteiger partial charge in [0.15, 0.2) is 0 Å². The first-order valence-corrected chi connectivity index (χ1v) is 15.4. The van der Waals surface area contributed by atoms with Crippen LogP contribution in [-0.2, 0) is 16.1 Å². The van der Waals surface area contributed by atoms with E-state index in [2.05, 4.69) is 15.5 Å². The second-order valence-corrected chi connectivity index (χ2v) is 11.8. The van der Waals surface area contributed by atoms with Gasteiger partial charge >= 0.3 is 0 Å². The summed E-state index contributed by atoms with van der Waals surface area (Å²) in [6, 6.07) is 16.5. The van der Waals surface area contributed by atoms with E-state index in [9.17, 15) is 9.59 Å². The van der Waals surface area contributed by atoms with Gasteiger partial charge in [-0.05, 0) is 69.0 Å². The molecule has 0 spiro atoms. The molecule has 0 N–H and O–H groups in total. The monoisotopic (exact) mass is 542 g/mol. The maximum atomic E-state index is 14.2. The number of ether oxygens (including phenoxy) is 1. The second kappa shape index (κ2) is 12.0. The van der Waals surface area contributed by atoms with E-state index in [4.69, 9.17) is 9.72 Å². The van der Waals surface area contributed by atoms with E-state index in [0.29, 0.717) is 31.7 Å². The van der Waals surface area contributed by atoms with Crippen LogP contribution in [0.2, 0.25) is 0 Å². The Morgan fingerprint density at radius 2 is 1.57 bits per heavy atom. The Morgan fingerprint density at radius 1 is 0.925 bits per heavy atom. The number of hydrogen-bond donors (Lipinski definition) is 0. The molecule has 2 aliphatic carbocycles. The zero-order chi connectivity index (χ0) is 27.5. The normalized spacial score (nSPS) is 20.8. The Labute approximate surface area is 237 Å². The first-order valence-electron chi connectivity index (χ1n) is 15.4. The van der Waals surface area contributed by atoms with Crippen molar-refractivity contribution >= 4 is 28.5 Å². The summed E-state index contributed by atoms with van der Waals surface area (Å²) < 4.78 is 7.70. The van der Waals surface area contributed by atoms with Gasteiger partial charge in [-0.1, -0.05) is 50.7 Å². The summed E-state index contributed by atoms with van der Waals surface area (Å²) >= 11 is 0. The van der Waals surface area contributed by atoms with Crippen LogP contribution in [0.25, 0.3) is 11.0 Å². The number of fused-ring (bicyclic) bond motifs is 1. The fourth-order valence-corrected chi connectivity index (χ4v) is 7.23. The molecule has 1 aromatic heterocycles. The Bertz CT molecular complexity index is 1300. The molecule has 2 heterocycles.